The smallest absolute Gasteiger partial charge is 0.187 e. The van der Waals surface area contributed by atoms with E-state index in [0.29, 0.717) is 0 Å². The Balaban J connectivity index is 1.38. The van der Waals surface area contributed by atoms with Gasteiger partial charge in [-0.3, -0.25) is 0 Å². The molecule has 0 aliphatic carbocycles. The maximum absolute atomic E-state index is 9.72. The summed E-state index contributed by atoms with van der Waals surface area (Å²) in [7, 11) is 19.8. The van der Waals surface area contributed by atoms with Crippen LogP contribution in [0.5, 0.6) is 0 Å². The van der Waals surface area contributed by atoms with E-state index < -0.39 is 184 Å². The SMILES string of the molecule is COC[C@H]1O[C@@H]2O[C@H]3[C@H](OC)[C@@H](OC)[C@@H](O[C@H]4[C@H](OC)[C@@H](OC)[C@@H](O[C@H]5[C@H](OC)[C@@H](OC)[C@@H](O[C@H]6[C@H](OC)[C@@H](OC)[C@@H](O[C@H]7[C@H](OC)[C@@H](OC)[C@@H](O[C@H]1[C@H](OC)[C@H]2OC)O[C@@H]7CN=[N+]=[N-])O[C@@H]6CN=[N+]=[N-])O[C@@H]5COC)O[C@@H]4CN=[N+]=[N-])O[C@@H]3CN=[N+]=[N-]. The van der Waals surface area contributed by atoms with Crippen molar-refractivity contribution in [1.82, 2.24) is 0 Å². The van der Waals surface area contributed by atoms with Crippen molar-refractivity contribution in [2.24, 2.45) is 20.5 Å². The fourth-order valence-electron chi connectivity index (χ4n) is 12.6. The van der Waals surface area contributed by atoms with Crippen molar-refractivity contribution in [3.05, 3.63) is 41.8 Å². The van der Waals surface area contributed by atoms with Crippen LogP contribution in [0.25, 0.3) is 41.8 Å². The Morgan fingerprint density at radius 1 is 0.239 bits per heavy atom. The quantitative estimate of drug-likeness (QED) is 0.0748. The molecular weight excluding hydrogens is 1180 g/mol. The van der Waals surface area contributed by atoms with Crippen LogP contribution >= 0.6 is 0 Å². The summed E-state index contributed by atoms with van der Waals surface area (Å²) in [6.45, 7) is -1.65. The molecule has 38 heteroatoms. The van der Waals surface area contributed by atoms with Gasteiger partial charge in [0.05, 0.1) is 63.8 Å². The number of ether oxygens (including phenoxy) is 26. The van der Waals surface area contributed by atoms with Gasteiger partial charge in [-0.2, -0.15) is 0 Å². The molecule has 22 rings (SSSR count). The van der Waals surface area contributed by atoms with E-state index in [0.717, 1.165) is 0 Å². The van der Waals surface area contributed by atoms with Crippen LogP contribution in [0.15, 0.2) is 20.5 Å². The zero-order valence-corrected chi connectivity index (χ0v) is 51.5. The van der Waals surface area contributed by atoms with Crippen molar-refractivity contribution in [1.29, 1.82) is 0 Å². The lowest BCUT2D eigenvalue weighted by atomic mass is 9.94. The van der Waals surface area contributed by atoms with Crippen molar-refractivity contribution < 1.29 is 123 Å². The molecule has 0 saturated carbocycles. The number of rotatable bonds is 24. The molecule has 22 aliphatic rings. The average molecular weight is 1270 g/mol. The van der Waals surface area contributed by atoms with Crippen LogP contribution in [0, 0.1) is 0 Å². The average Bonchev–Trinajstić information content (AvgIpc) is 1.35. The molecule has 30 atom stereocenters. The molecule has 0 aromatic carbocycles. The second-order valence-electron chi connectivity index (χ2n) is 20.8. The minimum atomic E-state index is -1.40. The fraction of sp³-hybridized carbons (Fsp3) is 1.00. The van der Waals surface area contributed by atoms with Gasteiger partial charge in [0, 0.05) is 119 Å². The van der Waals surface area contributed by atoms with Gasteiger partial charge in [-0.05, 0) is 22.1 Å². The maximum Gasteiger partial charge on any atom is 0.187 e. The summed E-state index contributed by atoms with van der Waals surface area (Å²) in [5, 5.41) is 15.5. The Bertz CT molecular complexity index is 2130. The molecule has 38 nitrogen and oxygen atoms in total. The van der Waals surface area contributed by atoms with Crippen LogP contribution in [0.1, 0.15) is 0 Å². The second kappa shape index (κ2) is 35.3. The molecule has 0 aromatic rings. The monoisotopic (exact) mass is 1270 g/mol. The molecule has 0 amide bonds. The van der Waals surface area contributed by atoms with Crippen LogP contribution in [-0.2, 0) is 123 Å². The van der Waals surface area contributed by atoms with Gasteiger partial charge in [-0.15, -0.1) is 0 Å². The van der Waals surface area contributed by atoms with Crippen molar-refractivity contribution in [3.8, 4) is 0 Å². The van der Waals surface area contributed by atoms with E-state index >= 15 is 0 Å². The molecule has 22 aliphatic heterocycles. The first-order valence-corrected chi connectivity index (χ1v) is 28.1. The molecule has 0 spiro atoms. The minimum Gasteiger partial charge on any atom is -0.382 e. The standard InChI is InChI=1S/C50H84N12O26/c1-63-19-25-31-37(69-7)43(75-13)49(81-25)85-29-23(17-57-61-53)77-45(39(71-9)35(29)67-5)84-28-22(16-56-60-52)80-48(42(74-12)34(28)66-4)88-32-26(20-64-2)82-50(44(76-14)38(32)70-8)86-30-24(18-58-62-54)78-46(40(72-10)36(30)68-6)83-27-21(15-55-59-51)79-47(87-31)41(73-11)33(27)65-3/h21-50H,15-20H2,1-14H3/t21-,22-,23-,24-,25-,26-,27-,28-,29-,30-,31-,32-,33+,34+,35+,36+,37+,38+,39-,40-,41-,42-,43-,44-,45-,46-,47-,48-,49-,50-/m1/s1. The number of hydrogen-bond donors (Lipinski definition) is 0. The minimum absolute atomic E-state index is 0.129. The molecule has 500 valence electrons. The highest BCUT2D eigenvalue weighted by Gasteiger charge is 2.61. The largest absolute Gasteiger partial charge is 0.382 e. The van der Waals surface area contributed by atoms with E-state index in [1.807, 2.05) is 0 Å². The van der Waals surface area contributed by atoms with E-state index in [4.69, 9.17) is 123 Å². The molecule has 12 bridgehead atoms. The molecule has 22 fully saturated rings. The number of hydrogen-bond acceptors (Lipinski definition) is 30. The summed E-state index contributed by atoms with van der Waals surface area (Å²) >= 11 is 0. The molecule has 88 heavy (non-hydrogen) atoms. The normalized spacial score (nSPS) is 43.9. The van der Waals surface area contributed by atoms with Gasteiger partial charge in [0.15, 0.2) is 37.7 Å². The first-order chi connectivity index (χ1) is 42.9. The number of nitrogens with zero attached hydrogens (tertiary/aromatic N) is 12. The second-order valence-corrected chi connectivity index (χ2v) is 20.8. The predicted molar refractivity (Wildman–Crippen MR) is 291 cm³/mol. The number of azide groups is 4. The van der Waals surface area contributed by atoms with Crippen LogP contribution in [0.2, 0.25) is 0 Å². The van der Waals surface area contributed by atoms with E-state index in [2.05, 4.69) is 40.1 Å². The predicted octanol–water partition coefficient (Wildman–Crippen LogP) is 1.37. The summed E-state index contributed by atoms with van der Waals surface area (Å²) in [4.78, 5) is 12.1. The van der Waals surface area contributed by atoms with Crippen LogP contribution in [-0.4, -0.2) is 323 Å². The lowest BCUT2D eigenvalue weighted by Gasteiger charge is -2.53. The van der Waals surface area contributed by atoms with Crippen molar-refractivity contribution >= 4 is 0 Å². The van der Waals surface area contributed by atoms with E-state index in [9.17, 15) is 22.1 Å². The van der Waals surface area contributed by atoms with E-state index in [1.54, 1.807) is 0 Å². The Morgan fingerprint density at radius 3 is 0.545 bits per heavy atom. The highest BCUT2D eigenvalue weighted by atomic mass is 16.8. The first kappa shape index (κ1) is 71.6. The third kappa shape index (κ3) is 15.6. The third-order valence-corrected chi connectivity index (χ3v) is 16.5. The molecular formula is C50H84N12O26. The third-order valence-electron chi connectivity index (χ3n) is 16.5. The van der Waals surface area contributed by atoms with E-state index in [1.165, 1.54) is 99.5 Å². The summed E-state index contributed by atoms with van der Waals surface area (Å²) < 4.78 is 167. The summed E-state index contributed by atoms with van der Waals surface area (Å²) in [6.07, 6.45) is -35.4. The first-order valence-electron chi connectivity index (χ1n) is 28.1. The Kier molecular flexibility index (Phi) is 28.7. The Labute approximate surface area is 507 Å². The molecule has 22 heterocycles. The van der Waals surface area contributed by atoms with Gasteiger partial charge >= 0.3 is 0 Å². The Morgan fingerprint density at radius 2 is 0.398 bits per heavy atom. The summed E-state index contributed by atoms with van der Waals surface area (Å²) in [6, 6.07) is 0. The van der Waals surface area contributed by atoms with E-state index in [-0.39, 0.29) is 39.4 Å². The highest BCUT2D eigenvalue weighted by molar-refractivity contribution is 5.04. The van der Waals surface area contributed by atoms with Crippen molar-refractivity contribution in [3.63, 3.8) is 0 Å². The van der Waals surface area contributed by atoms with Crippen LogP contribution in [0.4, 0.5) is 0 Å². The Hall–Kier alpha value is -3.80. The molecule has 0 N–H and O–H groups in total. The molecule has 22 saturated heterocycles. The number of methoxy groups -OCH3 is 14. The van der Waals surface area contributed by atoms with Crippen molar-refractivity contribution in [2.45, 2.75) is 184 Å². The fourth-order valence-corrected chi connectivity index (χ4v) is 12.6. The molecule has 0 unspecified atom stereocenters. The summed E-state index contributed by atoms with van der Waals surface area (Å²) in [5.41, 5.74) is 38.9. The van der Waals surface area contributed by atoms with Gasteiger partial charge in [-0.1, -0.05) is 20.5 Å². The van der Waals surface area contributed by atoms with Gasteiger partial charge in [0.25, 0.3) is 0 Å². The van der Waals surface area contributed by atoms with Crippen LogP contribution in [0.3, 0.4) is 0 Å². The topological polar surface area (TPSA) is 435 Å². The van der Waals surface area contributed by atoms with Gasteiger partial charge in [0.2, 0.25) is 0 Å². The zero-order valence-electron chi connectivity index (χ0n) is 51.5. The van der Waals surface area contributed by atoms with Gasteiger partial charge in [-0.25, -0.2) is 0 Å². The van der Waals surface area contributed by atoms with Gasteiger partial charge < -0.3 is 123 Å². The highest BCUT2D eigenvalue weighted by Crippen LogP contribution is 2.42. The summed E-state index contributed by atoms with van der Waals surface area (Å²) in [5.74, 6) is 0. The lowest BCUT2D eigenvalue weighted by molar-refractivity contribution is -0.406. The van der Waals surface area contributed by atoms with Crippen LogP contribution < -0.4 is 0 Å². The van der Waals surface area contributed by atoms with Crippen molar-refractivity contribution in [2.75, 3.05) is 139 Å². The molecule has 0 aromatic heterocycles. The zero-order chi connectivity index (χ0) is 63.6. The molecule has 0 radical (unpaired) electrons. The maximum atomic E-state index is 9.72. The lowest BCUT2D eigenvalue weighted by Crippen LogP contribution is -2.70. The van der Waals surface area contributed by atoms with Gasteiger partial charge in [0.1, 0.15) is 122 Å².